The van der Waals surface area contributed by atoms with Gasteiger partial charge in [0.05, 0.1) is 17.8 Å². The monoisotopic (exact) mass is 518 g/mol. The third-order valence-electron chi connectivity index (χ3n) is 6.64. The van der Waals surface area contributed by atoms with Crippen LogP contribution in [0.4, 0.5) is 11.4 Å². The second-order valence-corrected chi connectivity index (χ2v) is 9.20. The number of fused-ring (bicyclic) bond motifs is 1. The minimum absolute atomic E-state index is 0.192. The summed E-state index contributed by atoms with van der Waals surface area (Å²) in [6.45, 7) is 2.17. The maximum Gasteiger partial charge on any atom is 0.299 e. The van der Waals surface area contributed by atoms with Gasteiger partial charge in [-0.15, -0.1) is 0 Å². The van der Waals surface area contributed by atoms with Gasteiger partial charge in [-0.2, -0.15) is 0 Å². The van der Waals surface area contributed by atoms with E-state index in [-0.39, 0.29) is 18.0 Å². The predicted octanol–water partition coefficient (Wildman–Crippen LogP) is 4.16. The standard InChI is InChI=1S/C31H26N4O4/c1-21(29(37)33-19-22-8-4-2-5-9-22)35(30(38)24-14-16-32-17-15-24)25-12-13-27-26(18-25)28(36)31(39)34(27)20-23-10-6-3-7-11-23/h2-18,21H,19-20H2,1H3,(H,33,37). The number of Topliss-reactive ketones (excluding diaryl/α,β-unsaturated/α-hetero) is 1. The number of carbonyl (C=O) groups excluding carboxylic acids is 4. The Morgan fingerprint density at radius 3 is 2.18 bits per heavy atom. The molecule has 2 heterocycles. The van der Waals surface area contributed by atoms with Crippen LogP contribution in [0.1, 0.15) is 38.8 Å². The number of ketones is 1. The van der Waals surface area contributed by atoms with Gasteiger partial charge < -0.3 is 10.2 Å². The number of nitrogens with zero attached hydrogens (tertiary/aromatic N) is 3. The molecule has 1 N–H and O–H groups in total. The highest BCUT2D eigenvalue weighted by Crippen LogP contribution is 2.34. The van der Waals surface area contributed by atoms with Crippen LogP contribution in [-0.4, -0.2) is 34.5 Å². The van der Waals surface area contributed by atoms with Gasteiger partial charge in [0.2, 0.25) is 5.91 Å². The van der Waals surface area contributed by atoms with Crippen LogP contribution in [0.25, 0.3) is 0 Å². The summed E-state index contributed by atoms with van der Waals surface area (Å²) in [5, 5.41) is 2.88. The van der Waals surface area contributed by atoms with Crippen LogP contribution in [0.3, 0.4) is 0 Å². The molecule has 4 aromatic rings. The number of anilines is 2. The Balaban J connectivity index is 1.47. The van der Waals surface area contributed by atoms with Gasteiger partial charge in [-0.1, -0.05) is 60.7 Å². The molecule has 0 spiro atoms. The van der Waals surface area contributed by atoms with Gasteiger partial charge in [-0.25, -0.2) is 0 Å². The second kappa shape index (κ2) is 11.1. The lowest BCUT2D eigenvalue weighted by atomic mass is 10.1. The first kappa shape index (κ1) is 25.5. The number of carbonyl (C=O) groups is 4. The number of hydrogen-bond donors (Lipinski definition) is 1. The maximum absolute atomic E-state index is 13.7. The van der Waals surface area contributed by atoms with E-state index in [1.807, 2.05) is 60.7 Å². The minimum Gasteiger partial charge on any atom is -0.350 e. The SMILES string of the molecule is CC(C(=O)NCc1ccccc1)N(C(=O)c1ccncc1)c1ccc2c(c1)C(=O)C(=O)N2Cc1ccccc1. The van der Waals surface area contributed by atoms with E-state index < -0.39 is 23.6 Å². The summed E-state index contributed by atoms with van der Waals surface area (Å²) >= 11 is 0. The molecule has 5 rings (SSSR count). The summed E-state index contributed by atoms with van der Waals surface area (Å²) in [6.07, 6.45) is 3.00. The maximum atomic E-state index is 13.7. The molecule has 8 nitrogen and oxygen atoms in total. The van der Waals surface area contributed by atoms with Gasteiger partial charge in [0, 0.05) is 30.2 Å². The second-order valence-electron chi connectivity index (χ2n) is 9.20. The molecule has 8 heteroatoms. The zero-order chi connectivity index (χ0) is 27.4. The Kier molecular flexibility index (Phi) is 7.27. The first-order chi connectivity index (χ1) is 18.9. The summed E-state index contributed by atoms with van der Waals surface area (Å²) in [6, 6.07) is 25.9. The first-order valence-corrected chi connectivity index (χ1v) is 12.5. The molecule has 0 aliphatic carbocycles. The van der Waals surface area contributed by atoms with Crippen molar-refractivity contribution in [3.05, 3.63) is 126 Å². The fourth-order valence-corrected chi connectivity index (χ4v) is 4.56. The number of rotatable bonds is 8. The highest BCUT2D eigenvalue weighted by atomic mass is 16.2. The van der Waals surface area contributed by atoms with E-state index in [4.69, 9.17) is 0 Å². The highest BCUT2D eigenvalue weighted by molar-refractivity contribution is 6.52. The fraction of sp³-hybridized carbons (Fsp3) is 0.129. The first-order valence-electron chi connectivity index (χ1n) is 12.5. The van der Waals surface area contributed by atoms with Gasteiger partial charge in [0.1, 0.15) is 6.04 Å². The molecule has 0 saturated carbocycles. The molecular weight excluding hydrogens is 492 g/mol. The Bertz CT molecular complexity index is 1520. The average molecular weight is 519 g/mol. The third-order valence-corrected chi connectivity index (χ3v) is 6.64. The summed E-state index contributed by atoms with van der Waals surface area (Å²) in [4.78, 5) is 59.5. The van der Waals surface area contributed by atoms with E-state index in [9.17, 15) is 19.2 Å². The fourth-order valence-electron chi connectivity index (χ4n) is 4.56. The van der Waals surface area contributed by atoms with E-state index in [0.29, 0.717) is 23.5 Å². The molecule has 3 amide bonds. The molecule has 0 fully saturated rings. The molecule has 1 aliphatic rings. The van der Waals surface area contributed by atoms with Gasteiger partial charge in [0.25, 0.3) is 17.6 Å². The number of pyridine rings is 1. The number of hydrogen-bond acceptors (Lipinski definition) is 5. The molecule has 1 atom stereocenters. The molecule has 194 valence electrons. The van der Waals surface area contributed by atoms with E-state index in [2.05, 4.69) is 10.3 Å². The molecule has 0 radical (unpaired) electrons. The molecule has 0 saturated heterocycles. The highest BCUT2D eigenvalue weighted by Gasteiger charge is 2.37. The lowest BCUT2D eigenvalue weighted by Gasteiger charge is -2.29. The van der Waals surface area contributed by atoms with Crippen molar-refractivity contribution in [1.82, 2.24) is 10.3 Å². The third kappa shape index (κ3) is 5.31. The lowest BCUT2D eigenvalue weighted by molar-refractivity contribution is -0.122. The topological polar surface area (TPSA) is 99.7 Å². The van der Waals surface area contributed by atoms with Crippen LogP contribution in [0.2, 0.25) is 0 Å². The Labute approximate surface area is 225 Å². The summed E-state index contributed by atoms with van der Waals surface area (Å²) < 4.78 is 0. The van der Waals surface area contributed by atoms with Crippen molar-refractivity contribution in [2.24, 2.45) is 0 Å². The van der Waals surface area contributed by atoms with Gasteiger partial charge in [-0.05, 0) is 48.4 Å². The smallest absolute Gasteiger partial charge is 0.299 e. The van der Waals surface area contributed by atoms with Crippen LogP contribution in [0, 0.1) is 0 Å². The minimum atomic E-state index is -0.917. The van der Waals surface area contributed by atoms with E-state index in [1.165, 1.54) is 28.3 Å². The zero-order valence-electron chi connectivity index (χ0n) is 21.3. The van der Waals surface area contributed by atoms with Gasteiger partial charge in [-0.3, -0.25) is 29.1 Å². The number of amides is 3. The van der Waals surface area contributed by atoms with Gasteiger partial charge >= 0.3 is 0 Å². The quantitative estimate of drug-likeness (QED) is 0.353. The van der Waals surface area contributed by atoms with Crippen molar-refractivity contribution in [3.63, 3.8) is 0 Å². The molecule has 1 aromatic heterocycles. The summed E-state index contributed by atoms with van der Waals surface area (Å²) in [5.74, 6) is -2.08. The average Bonchev–Trinajstić information content (AvgIpc) is 3.21. The van der Waals surface area contributed by atoms with Crippen molar-refractivity contribution in [2.75, 3.05) is 9.80 Å². The molecule has 0 bridgehead atoms. The zero-order valence-corrected chi connectivity index (χ0v) is 21.3. The Hall–Kier alpha value is -5.11. The van der Waals surface area contributed by atoms with Crippen LogP contribution in [0.5, 0.6) is 0 Å². The number of aromatic nitrogens is 1. The summed E-state index contributed by atoms with van der Waals surface area (Å²) in [5.41, 5.74) is 3.13. The van der Waals surface area contributed by atoms with Crippen LogP contribution in [0.15, 0.2) is 103 Å². The van der Waals surface area contributed by atoms with E-state index in [1.54, 1.807) is 31.2 Å². The van der Waals surface area contributed by atoms with Crippen molar-refractivity contribution in [2.45, 2.75) is 26.1 Å². The van der Waals surface area contributed by atoms with E-state index in [0.717, 1.165) is 11.1 Å². The van der Waals surface area contributed by atoms with Crippen molar-refractivity contribution < 1.29 is 19.2 Å². The Morgan fingerprint density at radius 1 is 0.872 bits per heavy atom. The summed E-state index contributed by atoms with van der Waals surface area (Å²) in [7, 11) is 0. The Morgan fingerprint density at radius 2 is 1.51 bits per heavy atom. The molecule has 1 aliphatic heterocycles. The van der Waals surface area contributed by atoms with Crippen LogP contribution >= 0.6 is 0 Å². The van der Waals surface area contributed by atoms with Crippen molar-refractivity contribution in [1.29, 1.82) is 0 Å². The van der Waals surface area contributed by atoms with E-state index >= 15 is 0 Å². The lowest BCUT2D eigenvalue weighted by Crippen LogP contribution is -2.48. The van der Waals surface area contributed by atoms with Crippen molar-refractivity contribution in [3.8, 4) is 0 Å². The normalized spacial score (nSPS) is 13.1. The van der Waals surface area contributed by atoms with Crippen LogP contribution in [-0.2, 0) is 22.7 Å². The predicted molar refractivity (Wildman–Crippen MR) is 147 cm³/mol. The van der Waals surface area contributed by atoms with Crippen molar-refractivity contribution >= 4 is 34.9 Å². The number of benzene rings is 3. The molecule has 3 aromatic carbocycles. The molecular formula is C31H26N4O4. The molecule has 39 heavy (non-hydrogen) atoms. The number of nitrogens with one attached hydrogen (secondary N) is 1. The van der Waals surface area contributed by atoms with Gasteiger partial charge in [0.15, 0.2) is 0 Å². The largest absolute Gasteiger partial charge is 0.350 e. The molecule has 1 unspecified atom stereocenters. The van der Waals surface area contributed by atoms with Crippen LogP contribution < -0.4 is 15.1 Å².